The van der Waals surface area contributed by atoms with E-state index >= 15 is 0 Å². The molecule has 1 aromatic rings. The zero-order valence-electron chi connectivity index (χ0n) is 7.58. The van der Waals surface area contributed by atoms with Crippen LogP contribution in [0.25, 0.3) is 0 Å². The van der Waals surface area contributed by atoms with E-state index in [0.29, 0.717) is 12.1 Å². The van der Waals surface area contributed by atoms with Crippen LogP contribution >= 0.6 is 0 Å². The van der Waals surface area contributed by atoms with Crippen molar-refractivity contribution in [3.05, 3.63) is 34.9 Å². The summed E-state index contributed by atoms with van der Waals surface area (Å²) in [6.45, 7) is 0. The van der Waals surface area contributed by atoms with Gasteiger partial charge < -0.3 is 0 Å². The van der Waals surface area contributed by atoms with E-state index in [1.54, 1.807) is 0 Å². The van der Waals surface area contributed by atoms with Crippen molar-refractivity contribution in [3.8, 4) is 0 Å². The fourth-order valence-corrected chi connectivity index (χ4v) is 1.47. The van der Waals surface area contributed by atoms with Crippen LogP contribution in [-0.2, 0) is 36.6 Å². The van der Waals surface area contributed by atoms with E-state index < -0.39 is 23.5 Å². The van der Waals surface area contributed by atoms with Crippen LogP contribution in [0.4, 0.5) is 26.3 Å². The van der Waals surface area contributed by atoms with Crippen LogP contribution in [0.5, 0.6) is 0 Å². The van der Waals surface area contributed by atoms with Gasteiger partial charge in [-0.25, -0.2) is 0 Å². The second-order valence-corrected chi connectivity index (χ2v) is 3.69. The van der Waals surface area contributed by atoms with Gasteiger partial charge in [-0.2, -0.15) is 0 Å². The summed E-state index contributed by atoms with van der Waals surface area (Å²) in [5, 5.41) is 0. The minimum absolute atomic E-state index is 0.0691. The van der Waals surface area contributed by atoms with Gasteiger partial charge in [0.15, 0.2) is 0 Å². The molecule has 0 aliphatic rings. The van der Waals surface area contributed by atoms with E-state index in [1.807, 2.05) is 0 Å². The van der Waals surface area contributed by atoms with Crippen molar-refractivity contribution in [1.29, 1.82) is 0 Å². The van der Waals surface area contributed by atoms with Gasteiger partial charge in [0, 0.05) is 0 Å². The van der Waals surface area contributed by atoms with Crippen molar-refractivity contribution in [1.82, 2.24) is 0 Å². The molecule has 0 aromatic heterocycles. The molecule has 0 atom stereocenters. The Morgan fingerprint density at radius 2 is 1.19 bits per heavy atom. The fourth-order valence-electron chi connectivity index (χ4n) is 1.06. The molecule has 0 unspecified atom stereocenters. The van der Waals surface area contributed by atoms with Gasteiger partial charge in [0.25, 0.3) is 0 Å². The third kappa shape index (κ3) is 3.27. The van der Waals surface area contributed by atoms with Crippen molar-refractivity contribution in [2.75, 3.05) is 0 Å². The zero-order valence-corrected chi connectivity index (χ0v) is 10.0. The van der Waals surface area contributed by atoms with Gasteiger partial charge in [-0.3, -0.25) is 0 Å². The number of rotatable bonds is 1. The van der Waals surface area contributed by atoms with E-state index in [9.17, 15) is 26.3 Å². The first-order chi connectivity index (χ1) is 7.14. The van der Waals surface area contributed by atoms with Gasteiger partial charge in [0.05, 0.1) is 0 Å². The van der Waals surface area contributed by atoms with Gasteiger partial charge in [-0.15, -0.1) is 0 Å². The Labute approximate surface area is 102 Å². The van der Waals surface area contributed by atoms with Gasteiger partial charge in [0.1, 0.15) is 0 Å². The average Bonchev–Trinajstić information content (AvgIpc) is 2.14. The fraction of sp³-hybridized carbons (Fsp3) is 0.222. The first-order valence-corrected chi connectivity index (χ1v) is 5.36. The Morgan fingerprint density at radius 3 is 1.44 bits per heavy atom. The monoisotopic (exact) mass is 316 g/mol. The van der Waals surface area contributed by atoms with Crippen LogP contribution in [0.2, 0.25) is 0 Å². The van der Waals surface area contributed by atoms with E-state index in [1.165, 1.54) is 3.71 Å². The van der Waals surface area contributed by atoms with Crippen molar-refractivity contribution < 1.29 is 50.6 Å². The van der Waals surface area contributed by atoms with Crippen molar-refractivity contribution in [2.24, 2.45) is 0 Å². The minimum atomic E-state index is -4.77. The van der Waals surface area contributed by atoms with Crippen LogP contribution < -0.4 is 0 Å². The zero-order chi connectivity index (χ0) is 12.6. The second-order valence-electron chi connectivity index (χ2n) is 2.98. The molecular formula is C9H4F6Zr+2. The maximum atomic E-state index is 12.3. The van der Waals surface area contributed by atoms with Crippen LogP contribution in [0.1, 0.15) is 16.7 Å². The molecule has 84 valence electrons. The molecule has 0 amide bonds. The molecule has 0 N–H and O–H groups in total. The summed E-state index contributed by atoms with van der Waals surface area (Å²) in [5.41, 5.74) is -2.63. The van der Waals surface area contributed by atoms with Crippen molar-refractivity contribution >= 4 is 3.71 Å². The standard InChI is InChI=1S/C9H4F6.Zr/c1-5-2-6(8(10,11)12)4-7(3-5)9(13,14)15;/h1-4H;/q;+2. The molecule has 7 heteroatoms. The normalized spacial score (nSPS) is 12.8. The third-order valence-corrected chi connectivity index (χ3v) is 2.60. The predicted octanol–water partition coefficient (Wildman–Crippen LogP) is 3.42. The summed E-state index contributed by atoms with van der Waals surface area (Å²) < 4.78 is 75.1. The number of hydrogen-bond acceptors (Lipinski definition) is 0. The molecule has 0 heterocycles. The van der Waals surface area contributed by atoms with Gasteiger partial charge in [-0.05, 0) is 0 Å². The Bertz CT molecular complexity index is 371. The summed E-state index contributed by atoms with van der Waals surface area (Å²) in [5.74, 6) is 0. The quantitative estimate of drug-likeness (QED) is 0.696. The molecule has 1 rings (SSSR count). The SMILES string of the molecule is FC(F)(F)c1cc([CH]=[Zr+2])cc(C(F)(F)F)c1. The molecule has 0 saturated heterocycles. The summed E-state index contributed by atoms with van der Waals surface area (Å²) in [6.07, 6.45) is -9.54. The number of halogens is 6. The first kappa shape index (κ1) is 13.6. The molecule has 0 saturated carbocycles. The summed E-state index contributed by atoms with van der Waals surface area (Å²) in [4.78, 5) is 0. The van der Waals surface area contributed by atoms with Crippen molar-refractivity contribution in [2.45, 2.75) is 12.4 Å². The molecule has 16 heavy (non-hydrogen) atoms. The van der Waals surface area contributed by atoms with Crippen LogP contribution in [0.15, 0.2) is 18.2 Å². The van der Waals surface area contributed by atoms with Crippen LogP contribution in [0, 0.1) is 0 Å². The topological polar surface area (TPSA) is 0 Å². The van der Waals surface area contributed by atoms with Crippen molar-refractivity contribution in [3.63, 3.8) is 0 Å². The van der Waals surface area contributed by atoms with E-state index in [2.05, 4.69) is 0 Å². The third-order valence-electron chi connectivity index (χ3n) is 1.78. The van der Waals surface area contributed by atoms with Crippen LogP contribution in [0.3, 0.4) is 0 Å². The molecule has 0 aliphatic heterocycles. The Hall–Kier alpha value is -0.447. The van der Waals surface area contributed by atoms with Gasteiger partial charge in [-0.1, -0.05) is 0 Å². The first-order valence-electron chi connectivity index (χ1n) is 3.94. The molecular weight excluding hydrogens is 313 g/mol. The predicted molar refractivity (Wildman–Crippen MR) is 41.6 cm³/mol. The average molecular weight is 317 g/mol. The Kier molecular flexibility index (Phi) is 3.77. The summed E-state index contributed by atoms with van der Waals surface area (Å²) >= 11 is 0.733. The van der Waals surface area contributed by atoms with E-state index in [4.69, 9.17) is 0 Å². The number of hydrogen-bond donors (Lipinski definition) is 0. The second kappa shape index (κ2) is 4.43. The Morgan fingerprint density at radius 1 is 0.812 bits per heavy atom. The number of benzene rings is 1. The molecule has 0 fully saturated rings. The van der Waals surface area contributed by atoms with Crippen LogP contribution in [-0.4, -0.2) is 3.71 Å². The molecule has 0 spiro atoms. The van der Waals surface area contributed by atoms with Gasteiger partial charge >= 0.3 is 102 Å². The molecule has 0 bridgehead atoms. The van der Waals surface area contributed by atoms with E-state index in [-0.39, 0.29) is 11.6 Å². The molecule has 0 nitrogen and oxygen atoms in total. The number of alkyl halides is 6. The summed E-state index contributed by atoms with van der Waals surface area (Å²) in [7, 11) is 0. The maximum absolute atomic E-state index is 12.3. The Balaban J connectivity index is 3.39. The molecule has 0 aliphatic carbocycles. The van der Waals surface area contributed by atoms with E-state index in [0.717, 1.165) is 24.2 Å². The van der Waals surface area contributed by atoms with Gasteiger partial charge in [0.2, 0.25) is 0 Å². The molecule has 1 aromatic carbocycles. The summed E-state index contributed by atoms with van der Waals surface area (Å²) in [6, 6.07) is 1.51. The molecule has 0 radical (unpaired) electrons.